The molecule has 0 bridgehead atoms. The number of carbonyl (C=O) groups excluding carboxylic acids is 1. The van der Waals surface area contributed by atoms with Crippen LogP contribution in [0.4, 0.5) is 13.3 Å². The van der Waals surface area contributed by atoms with Gasteiger partial charge in [0.1, 0.15) is 0 Å². The number of hydrogen-bond acceptors (Lipinski definition) is 2. The fraction of sp³-hybridized carbons (Fsp3) is 0.714. The molecule has 4 nitrogen and oxygen atoms in total. The number of hydrogen-bond donors (Lipinski definition) is 1. The van der Waals surface area contributed by atoms with Gasteiger partial charge in [-0.3, -0.25) is 4.79 Å². The monoisotopic (exact) mass is 213 g/mol. The molecule has 82 valence electrons. The Morgan fingerprint density at radius 3 is 2.21 bits per heavy atom. The van der Waals surface area contributed by atoms with E-state index in [1.165, 1.54) is 0 Å². The van der Waals surface area contributed by atoms with E-state index in [1.807, 2.05) is 0 Å². The number of amides is 1. The van der Waals surface area contributed by atoms with E-state index in [9.17, 15) is 22.9 Å². The molecule has 14 heavy (non-hydrogen) atoms. The molecule has 2 unspecified atom stereocenters. The van der Waals surface area contributed by atoms with Crippen molar-refractivity contribution in [2.75, 3.05) is 0 Å². The average Bonchev–Trinajstić information content (AvgIpc) is 2.13. The van der Waals surface area contributed by atoms with Crippen molar-refractivity contribution in [1.29, 1.82) is 0 Å². The highest BCUT2D eigenvalue weighted by Gasteiger charge is 2.54. The Balaban J connectivity index is 5.09. The van der Waals surface area contributed by atoms with Crippen molar-refractivity contribution in [2.45, 2.75) is 32.2 Å². The number of carbonyl (C=O) groups is 2. The molecule has 0 saturated heterocycles. The summed E-state index contributed by atoms with van der Waals surface area (Å²) in [4.78, 5) is 20.7. The Morgan fingerprint density at radius 2 is 2.00 bits per heavy atom. The summed E-state index contributed by atoms with van der Waals surface area (Å²) >= 11 is 0. The van der Waals surface area contributed by atoms with Crippen LogP contribution in [0.1, 0.15) is 20.3 Å². The molecule has 2 atom stereocenters. The molecule has 0 fully saturated rings. The van der Waals surface area contributed by atoms with E-state index < -0.39 is 35.4 Å². The van der Waals surface area contributed by atoms with Crippen LogP contribution in [0.3, 0.4) is 0 Å². The maximum atomic E-state index is 13.3. The first-order chi connectivity index (χ1) is 6.28. The zero-order chi connectivity index (χ0) is 11.5. The molecular weight excluding hydrogens is 203 g/mol. The van der Waals surface area contributed by atoms with Gasteiger partial charge in [0.05, 0.1) is 0 Å². The van der Waals surface area contributed by atoms with Crippen LogP contribution in [0.5, 0.6) is 0 Å². The molecule has 0 rings (SSSR count). The fourth-order valence-electron chi connectivity index (χ4n) is 0.841. The summed E-state index contributed by atoms with van der Waals surface area (Å²) in [5, 5.41) is 7.06. The largest absolute Gasteiger partial charge is 0.477 e. The molecule has 1 amide bonds. The molecule has 0 heterocycles. The fourth-order valence-corrected chi connectivity index (χ4v) is 0.841. The summed E-state index contributed by atoms with van der Waals surface area (Å²) in [6, 6.07) is 0. The van der Waals surface area contributed by atoms with Crippen molar-refractivity contribution < 1.29 is 28.0 Å². The van der Waals surface area contributed by atoms with Gasteiger partial charge in [0.25, 0.3) is 5.91 Å². The van der Waals surface area contributed by atoms with Gasteiger partial charge in [-0.1, -0.05) is 11.4 Å². The second kappa shape index (κ2) is 4.30. The summed E-state index contributed by atoms with van der Waals surface area (Å²) in [5.41, 5.74) is 0. The van der Waals surface area contributed by atoms with E-state index in [2.05, 4.69) is 0 Å². The van der Waals surface area contributed by atoms with Crippen LogP contribution in [0, 0.1) is 0 Å². The standard InChI is InChI=1S/C7H10F3NO3/c1-3-5(8)7(9,6(13)14)11(10)4(2)12/h5H,3H2,1-2H3,(H,13,14). The topological polar surface area (TPSA) is 57.6 Å². The lowest BCUT2D eigenvalue weighted by Crippen LogP contribution is -2.55. The van der Waals surface area contributed by atoms with Crippen LogP contribution >= 0.6 is 0 Å². The number of carboxylic acid groups (broad SMARTS) is 1. The predicted molar refractivity (Wildman–Crippen MR) is 40.3 cm³/mol. The van der Waals surface area contributed by atoms with E-state index in [0.717, 1.165) is 6.92 Å². The van der Waals surface area contributed by atoms with Gasteiger partial charge in [0.2, 0.25) is 0 Å². The molecule has 0 aliphatic heterocycles. The molecule has 1 N–H and O–H groups in total. The molecule has 7 heteroatoms. The minimum absolute atomic E-state index is 0.559. The summed E-state index contributed by atoms with van der Waals surface area (Å²) in [7, 11) is 0. The van der Waals surface area contributed by atoms with Crippen molar-refractivity contribution >= 4 is 11.9 Å². The van der Waals surface area contributed by atoms with Crippen LogP contribution in [0.25, 0.3) is 0 Å². The van der Waals surface area contributed by atoms with Gasteiger partial charge in [-0.2, -0.15) is 0 Å². The van der Waals surface area contributed by atoms with E-state index >= 15 is 0 Å². The molecule has 0 radical (unpaired) electrons. The van der Waals surface area contributed by atoms with Gasteiger partial charge in [-0.05, 0) is 6.42 Å². The number of rotatable bonds is 4. The van der Waals surface area contributed by atoms with Crippen LogP contribution in [0.2, 0.25) is 0 Å². The lowest BCUT2D eigenvalue weighted by molar-refractivity contribution is -0.215. The predicted octanol–water partition coefficient (Wildman–Crippen LogP) is 1.22. The maximum absolute atomic E-state index is 13.3. The second-order valence-corrected chi connectivity index (χ2v) is 2.65. The lowest BCUT2D eigenvalue weighted by Gasteiger charge is -2.27. The van der Waals surface area contributed by atoms with E-state index in [1.54, 1.807) is 0 Å². The van der Waals surface area contributed by atoms with E-state index in [4.69, 9.17) is 5.11 Å². The summed E-state index contributed by atoms with van der Waals surface area (Å²) in [5.74, 6) is -7.82. The number of nitrogens with zero attached hydrogens (tertiary/aromatic N) is 1. The Morgan fingerprint density at radius 1 is 1.57 bits per heavy atom. The second-order valence-electron chi connectivity index (χ2n) is 2.65. The SMILES string of the molecule is CCC(F)C(F)(C(=O)O)N(F)C(C)=O. The molecule has 0 aromatic rings. The highest BCUT2D eigenvalue weighted by atomic mass is 19.2. The molecule has 0 aliphatic carbocycles. The molecular formula is C7H10F3NO3. The highest BCUT2D eigenvalue weighted by molar-refractivity contribution is 5.84. The van der Waals surface area contributed by atoms with Gasteiger partial charge >= 0.3 is 11.8 Å². The van der Waals surface area contributed by atoms with Crippen LogP contribution in [-0.2, 0) is 9.59 Å². The van der Waals surface area contributed by atoms with E-state index in [0.29, 0.717) is 6.92 Å². The average molecular weight is 213 g/mol. The molecule has 0 aromatic heterocycles. The normalized spacial score (nSPS) is 16.9. The zero-order valence-corrected chi connectivity index (χ0v) is 7.63. The quantitative estimate of drug-likeness (QED) is 0.564. The third kappa shape index (κ3) is 1.97. The number of carboxylic acids is 1. The number of aliphatic carboxylic acids is 1. The van der Waals surface area contributed by atoms with Crippen molar-refractivity contribution in [1.82, 2.24) is 5.12 Å². The van der Waals surface area contributed by atoms with Crippen LogP contribution in [0.15, 0.2) is 0 Å². The van der Waals surface area contributed by atoms with Gasteiger partial charge in [0.15, 0.2) is 6.17 Å². The summed E-state index contributed by atoms with van der Waals surface area (Å²) < 4.78 is 38.9. The summed E-state index contributed by atoms with van der Waals surface area (Å²) in [6.07, 6.45) is -3.18. The third-order valence-electron chi connectivity index (χ3n) is 1.64. The van der Waals surface area contributed by atoms with Gasteiger partial charge < -0.3 is 5.11 Å². The maximum Gasteiger partial charge on any atom is 0.368 e. The Kier molecular flexibility index (Phi) is 3.91. The van der Waals surface area contributed by atoms with Crippen LogP contribution < -0.4 is 0 Å². The summed E-state index contributed by atoms with van der Waals surface area (Å²) in [6.45, 7) is 1.73. The van der Waals surface area contributed by atoms with Crippen molar-refractivity contribution in [3.8, 4) is 0 Å². The van der Waals surface area contributed by atoms with Crippen molar-refractivity contribution in [3.05, 3.63) is 0 Å². The third-order valence-corrected chi connectivity index (χ3v) is 1.64. The lowest BCUT2D eigenvalue weighted by atomic mass is 10.1. The molecule has 0 spiro atoms. The first-order valence-corrected chi connectivity index (χ1v) is 3.81. The van der Waals surface area contributed by atoms with Gasteiger partial charge in [-0.25, -0.2) is 13.6 Å². The molecule has 0 aliphatic rings. The Labute approximate surface area is 78.2 Å². The number of halogens is 3. The van der Waals surface area contributed by atoms with Gasteiger partial charge in [0, 0.05) is 6.92 Å². The first kappa shape index (κ1) is 12.7. The van der Waals surface area contributed by atoms with Gasteiger partial charge in [-0.15, -0.1) is 5.12 Å². The smallest absolute Gasteiger partial charge is 0.368 e. The highest BCUT2D eigenvalue weighted by Crippen LogP contribution is 2.27. The van der Waals surface area contributed by atoms with E-state index in [-0.39, 0.29) is 0 Å². The zero-order valence-electron chi connectivity index (χ0n) is 7.63. The Hall–Kier alpha value is -1.27. The minimum atomic E-state index is -3.94. The number of alkyl halides is 2. The first-order valence-electron chi connectivity index (χ1n) is 3.81. The van der Waals surface area contributed by atoms with Crippen LogP contribution in [-0.4, -0.2) is 34.1 Å². The molecule has 0 aromatic carbocycles. The van der Waals surface area contributed by atoms with Crippen molar-refractivity contribution in [2.24, 2.45) is 0 Å². The minimum Gasteiger partial charge on any atom is -0.477 e. The van der Waals surface area contributed by atoms with Crippen molar-refractivity contribution in [3.63, 3.8) is 0 Å². The molecule has 0 saturated carbocycles. The Bertz CT molecular complexity index is 248.